The van der Waals surface area contributed by atoms with Gasteiger partial charge in [0.1, 0.15) is 0 Å². The van der Waals surface area contributed by atoms with Crippen molar-refractivity contribution in [1.29, 1.82) is 0 Å². The fourth-order valence-electron chi connectivity index (χ4n) is 3.07. The van der Waals surface area contributed by atoms with E-state index in [4.69, 9.17) is 9.47 Å². The predicted octanol–water partition coefficient (Wildman–Crippen LogP) is 0.116. The summed E-state index contributed by atoms with van der Waals surface area (Å²) in [6.07, 6.45) is 3.60. The van der Waals surface area contributed by atoms with E-state index >= 15 is 0 Å². The molecule has 1 aromatic heterocycles. The number of hydrogen-bond acceptors (Lipinski definition) is 7. The van der Waals surface area contributed by atoms with Crippen LogP contribution in [0.2, 0.25) is 0 Å². The number of hydrogen-bond donors (Lipinski definition) is 1. The van der Waals surface area contributed by atoms with Gasteiger partial charge in [0.15, 0.2) is 6.61 Å². The zero-order chi connectivity index (χ0) is 22.4. The number of aryl methyl sites for hydroxylation is 1. The van der Waals surface area contributed by atoms with Crippen molar-refractivity contribution < 1.29 is 19.1 Å². The Hall–Kier alpha value is -3.66. The van der Waals surface area contributed by atoms with Crippen molar-refractivity contribution in [3.8, 4) is 0 Å². The second kappa shape index (κ2) is 9.90. The van der Waals surface area contributed by atoms with Gasteiger partial charge in [-0.2, -0.15) is 0 Å². The lowest BCUT2D eigenvalue weighted by Crippen LogP contribution is -2.37. The third-order valence-electron chi connectivity index (χ3n) is 4.74. The molecule has 1 amide bonds. The summed E-state index contributed by atoms with van der Waals surface area (Å²) in [4.78, 5) is 49.8. The molecule has 0 saturated carbocycles. The van der Waals surface area contributed by atoms with Crippen molar-refractivity contribution in [3.63, 3.8) is 0 Å². The number of aromatic nitrogens is 2. The molecule has 2 heterocycles. The van der Waals surface area contributed by atoms with Crippen molar-refractivity contribution >= 4 is 29.3 Å². The molecule has 3 rings (SSSR count). The quantitative estimate of drug-likeness (QED) is 0.514. The number of benzene rings is 1. The average molecular weight is 428 g/mol. The summed E-state index contributed by atoms with van der Waals surface area (Å²) >= 11 is 0. The van der Waals surface area contributed by atoms with Gasteiger partial charge in [0.25, 0.3) is 11.5 Å². The molecule has 10 nitrogen and oxygen atoms in total. The number of nitrogens with zero attached hydrogens (tertiary/aromatic N) is 3. The number of ether oxygens (including phenoxy) is 2. The molecule has 10 heteroatoms. The van der Waals surface area contributed by atoms with Crippen LogP contribution in [0, 0.1) is 0 Å². The summed E-state index contributed by atoms with van der Waals surface area (Å²) in [6.45, 7) is 2.55. The number of anilines is 2. The van der Waals surface area contributed by atoms with Crippen LogP contribution >= 0.6 is 0 Å². The van der Waals surface area contributed by atoms with Crippen molar-refractivity contribution in [3.05, 3.63) is 62.9 Å². The number of rotatable bonds is 6. The minimum absolute atomic E-state index is 0.145. The monoisotopic (exact) mass is 428 g/mol. The lowest BCUT2D eigenvalue weighted by molar-refractivity contribution is -0.142. The molecule has 0 atom stereocenters. The Balaban J connectivity index is 1.50. The van der Waals surface area contributed by atoms with Gasteiger partial charge in [-0.25, -0.2) is 9.59 Å². The number of nitrogens with one attached hydrogen (secondary N) is 1. The Morgan fingerprint density at radius 3 is 2.48 bits per heavy atom. The number of esters is 1. The Morgan fingerprint density at radius 2 is 1.81 bits per heavy atom. The van der Waals surface area contributed by atoms with Gasteiger partial charge >= 0.3 is 11.7 Å². The maximum Gasteiger partial charge on any atom is 0.331 e. The second-order valence-corrected chi connectivity index (χ2v) is 6.98. The van der Waals surface area contributed by atoms with Crippen LogP contribution in [0.3, 0.4) is 0 Å². The van der Waals surface area contributed by atoms with E-state index in [1.165, 1.54) is 30.9 Å². The third kappa shape index (κ3) is 5.70. The fourth-order valence-corrected chi connectivity index (χ4v) is 3.07. The lowest BCUT2D eigenvalue weighted by Gasteiger charge is -2.28. The Labute approximate surface area is 178 Å². The molecule has 1 N–H and O–H groups in total. The molecular weight excluding hydrogens is 404 g/mol. The van der Waals surface area contributed by atoms with Gasteiger partial charge in [0.05, 0.1) is 18.8 Å². The summed E-state index contributed by atoms with van der Waals surface area (Å²) < 4.78 is 12.4. The van der Waals surface area contributed by atoms with Crippen LogP contribution in [-0.2, 0) is 33.2 Å². The topological polar surface area (TPSA) is 112 Å². The number of carbonyl (C=O) groups excluding carboxylic acids is 2. The fraction of sp³-hybridized carbons (Fsp3) is 0.333. The molecular formula is C21H24N4O6. The molecule has 31 heavy (non-hydrogen) atoms. The lowest BCUT2D eigenvalue weighted by atomic mass is 10.2. The molecule has 1 saturated heterocycles. The van der Waals surface area contributed by atoms with Crippen LogP contribution in [0.1, 0.15) is 5.56 Å². The van der Waals surface area contributed by atoms with Gasteiger partial charge in [-0.05, 0) is 30.3 Å². The van der Waals surface area contributed by atoms with E-state index < -0.39 is 29.7 Å². The predicted molar refractivity (Wildman–Crippen MR) is 115 cm³/mol. The van der Waals surface area contributed by atoms with Crippen molar-refractivity contribution in [2.75, 3.05) is 43.1 Å². The Bertz CT molecular complexity index is 1090. The third-order valence-corrected chi connectivity index (χ3v) is 4.74. The van der Waals surface area contributed by atoms with Crippen LogP contribution in [0.25, 0.3) is 6.08 Å². The Kier molecular flexibility index (Phi) is 7.03. The molecule has 164 valence electrons. The largest absolute Gasteiger partial charge is 0.452 e. The molecule has 1 fully saturated rings. The summed E-state index contributed by atoms with van der Waals surface area (Å²) in [5, 5.41) is 2.66. The zero-order valence-electron chi connectivity index (χ0n) is 17.4. The average Bonchev–Trinajstić information content (AvgIpc) is 2.79. The molecule has 1 aliphatic rings. The highest BCUT2D eigenvalue weighted by Gasteiger charge is 2.12. The molecule has 2 aromatic rings. The number of carbonyl (C=O) groups is 2. The van der Waals surface area contributed by atoms with E-state index in [0.717, 1.165) is 29.4 Å². The number of amides is 1. The van der Waals surface area contributed by atoms with Crippen molar-refractivity contribution in [1.82, 2.24) is 9.13 Å². The first-order valence-corrected chi connectivity index (χ1v) is 9.69. The van der Waals surface area contributed by atoms with E-state index in [2.05, 4.69) is 10.2 Å². The van der Waals surface area contributed by atoms with Crippen molar-refractivity contribution in [2.24, 2.45) is 14.1 Å². The van der Waals surface area contributed by atoms with E-state index in [1.807, 2.05) is 12.1 Å². The van der Waals surface area contributed by atoms with Gasteiger partial charge < -0.3 is 24.3 Å². The minimum atomic E-state index is -0.784. The highest BCUT2D eigenvalue weighted by molar-refractivity contribution is 5.94. The van der Waals surface area contributed by atoms with Gasteiger partial charge in [0.2, 0.25) is 0 Å². The van der Waals surface area contributed by atoms with Crippen LogP contribution in [0.4, 0.5) is 11.4 Å². The highest BCUT2D eigenvalue weighted by Crippen LogP contribution is 2.18. The summed E-state index contributed by atoms with van der Waals surface area (Å²) in [5.41, 5.74) is 0.765. The van der Waals surface area contributed by atoms with Crippen LogP contribution in [0.15, 0.2) is 46.1 Å². The second-order valence-electron chi connectivity index (χ2n) is 6.98. The summed E-state index contributed by atoms with van der Waals surface area (Å²) in [6, 6.07) is 7.37. The number of morpholine rings is 1. The van der Waals surface area contributed by atoms with Crippen LogP contribution in [0.5, 0.6) is 0 Å². The van der Waals surface area contributed by atoms with E-state index in [1.54, 1.807) is 12.1 Å². The van der Waals surface area contributed by atoms with Gasteiger partial charge in [0, 0.05) is 50.8 Å². The van der Waals surface area contributed by atoms with Gasteiger partial charge in [-0.3, -0.25) is 14.2 Å². The molecule has 0 radical (unpaired) electrons. The standard InChI is InChI=1S/C21H24N4O6/c1-23-13-15(20(28)24(2)21(23)29)3-8-19(27)31-14-18(26)22-16-4-6-17(7-5-16)25-9-11-30-12-10-25/h3-8,13H,9-12,14H2,1-2H3,(H,22,26). The molecule has 0 bridgehead atoms. The first-order chi connectivity index (χ1) is 14.8. The molecule has 1 aliphatic heterocycles. The van der Waals surface area contributed by atoms with Gasteiger partial charge in [-0.15, -0.1) is 0 Å². The van der Waals surface area contributed by atoms with E-state index in [9.17, 15) is 19.2 Å². The first kappa shape index (κ1) is 22.0. The SMILES string of the molecule is Cn1cc(C=CC(=O)OCC(=O)Nc2ccc(N3CCOCC3)cc2)c(=O)n(C)c1=O. The van der Waals surface area contributed by atoms with Gasteiger partial charge in [-0.1, -0.05) is 0 Å². The first-order valence-electron chi connectivity index (χ1n) is 9.69. The summed E-state index contributed by atoms with van der Waals surface area (Å²) in [7, 11) is 2.84. The summed E-state index contributed by atoms with van der Waals surface area (Å²) in [5.74, 6) is -1.27. The minimum Gasteiger partial charge on any atom is -0.452 e. The van der Waals surface area contributed by atoms with Crippen LogP contribution < -0.4 is 21.5 Å². The highest BCUT2D eigenvalue weighted by atomic mass is 16.5. The smallest absolute Gasteiger partial charge is 0.331 e. The van der Waals surface area contributed by atoms with Crippen molar-refractivity contribution in [2.45, 2.75) is 0 Å². The van der Waals surface area contributed by atoms with Crippen LogP contribution in [-0.4, -0.2) is 53.9 Å². The maximum absolute atomic E-state index is 12.0. The normalized spacial score (nSPS) is 13.9. The molecule has 1 aromatic carbocycles. The van der Waals surface area contributed by atoms with E-state index in [0.29, 0.717) is 18.9 Å². The zero-order valence-corrected chi connectivity index (χ0v) is 17.4. The van der Waals surface area contributed by atoms with E-state index in [-0.39, 0.29) is 5.56 Å². The molecule has 0 spiro atoms. The molecule has 0 aliphatic carbocycles. The Morgan fingerprint density at radius 1 is 1.13 bits per heavy atom. The maximum atomic E-state index is 12.0. The molecule has 0 unspecified atom stereocenters.